The Kier molecular flexibility index (Phi) is 27.5. The Balaban J connectivity index is 0.000000291. The van der Waals surface area contributed by atoms with Gasteiger partial charge in [0.05, 0.1) is 25.4 Å². The minimum absolute atomic E-state index is 0.0608. The van der Waals surface area contributed by atoms with E-state index >= 15 is 0 Å². The third-order valence-electron chi connectivity index (χ3n) is 12.7. The molecule has 0 unspecified atom stereocenters. The van der Waals surface area contributed by atoms with E-state index in [-0.39, 0.29) is 32.7 Å². The quantitative estimate of drug-likeness (QED) is 0.0447. The lowest BCUT2D eigenvalue weighted by atomic mass is 9.88. The standard InChI is InChI=1S/C32H37NO6.C22H28O5.C15H4/c1-5-37-21-20-27(34)32(4,38-22-23-16-18-25(19-17-23)24-12-8-6-9-13-24)29(35)33-28(26-14-10-7-11-15-26)31(2,3)39-30(33)36;1-3-26-14-13-20(24)22(2,21(25)15-23)27-16-17-9-11-19(12-10-17)18-7-5-4-6-8-18;1-3-5-7-9-11-13-15-14-12-10-8-6-4-2/h6-19,27-28,34H,5,20-22H2,1-4H3;4-12,20,23-24H,3,13-16H2,1-2H3;1H,2H3/t27-,28-,32-;20-,22-;/m00./s1. The van der Waals surface area contributed by atoms with Crippen LogP contribution in [0.25, 0.3) is 22.3 Å². The molecule has 0 aromatic heterocycles. The number of aliphatic hydroxyl groups is 3. The molecule has 3 N–H and O–H groups in total. The summed E-state index contributed by atoms with van der Waals surface area (Å²) in [6.45, 7) is 13.1. The summed E-state index contributed by atoms with van der Waals surface area (Å²) in [6, 6.07) is 44.3. The van der Waals surface area contributed by atoms with Crippen LogP contribution in [0.1, 0.15) is 84.0 Å². The zero-order valence-corrected chi connectivity index (χ0v) is 47.0. The van der Waals surface area contributed by atoms with E-state index in [2.05, 4.69) is 77.0 Å². The zero-order chi connectivity index (χ0) is 58.9. The molecule has 1 heterocycles. The fourth-order valence-electron chi connectivity index (χ4n) is 8.12. The summed E-state index contributed by atoms with van der Waals surface area (Å²) >= 11 is 0. The molecular weight excluding hydrogens is 1020 g/mol. The number of Topliss-reactive ketones (excluding diaryl/α,β-unsaturated/α-hetero) is 1. The highest BCUT2D eigenvalue weighted by Crippen LogP contribution is 2.43. The predicted octanol–water partition coefficient (Wildman–Crippen LogP) is 9.55. The van der Waals surface area contributed by atoms with Crippen LogP contribution < -0.4 is 0 Å². The molecule has 0 aliphatic carbocycles. The summed E-state index contributed by atoms with van der Waals surface area (Å²) in [6.07, 6.45) is 2.23. The van der Waals surface area contributed by atoms with Crippen molar-refractivity contribution in [3.63, 3.8) is 0 Å². The van der Waals surface area contributed by atoms with E-state index in [0.717, 1.165) is 43.8 Å². The molecule has 81 heavy (non-hydrogen) atoms. The van der Waals surface area contributed by atoms with Crippen LogP contribution >= 0.6 is 0 Å². The molecule has 5 atom stereocenters. The van der Waals surface area contributed by atoms with E-state index in [1.807, 2.05) is 153 Å². The topological polar surface area (TPSA) is 161 Å². The van der Waals surface area contributed by atoms with Crippen molar-refractivity contribution in [1.82, 2.24) is 4.90 Å². The minimum Gasteiger partial charge on any atom is -0.440 e. The fraction of sp³-hybridized carbons (Fsp3) is 0.319. The predicted molar refractivity (Wildman–Crippen MR) is 314 cm³/mol. The van der Waals surface area contributed by atoms with Gasteiger partial charge in [-0.15, -0.1) is 6.42 Å². The maximum Gasteiger partial charge on any atom is 0.417 e. The van der Waals surface area contributed by atoms with Gasteiger partial charge in [-0.3, -0.25) is 9.59 Å². The highest BCUT2D eigenvalue weighted by molar-refractivity contribution is 5.99. The van der Waals surface area contributed by atoms with Crippen molar-refractivity contribution in [1.29, 1.82) is 0 Å². The second kappa shape index (κ2) is 34.4. The largest absolute Gasteiger partial charge is 0.440 e. The van der Waals surface area contributed by atoms with Crippen LogP contribution in [0.5, 0.6) is 0 Å². The summed E-state index contributed by atoms with van der Waals surface area (Å²) in [5, 5.41) is 31.0. The number of hydrogen-bond donors (Lipinski definition) is 3. The monoisotopic (exact) mass is 1090 g/mol. The number of amides is 2. The molecule has 5 aromatic carbocycles. The summed E-state index contributed by atoms with van der Waals surface area (Å²) in [5.74, 6) is 30.7. The number of carbonyl (C=O) groups is 3. The average Bonchev–Trinajstić information content (AvgIpc) is 4.02. The number of benzene rings is 5. The van der Waals surface area contributed by atoms with Crippen molar-refractivity contribution in [3.05, 3.63) is 156 Å². The third-order valence-corrected chi connectivity index (χ3v) is 12.7. The Morgan fingerprint density at radius 1 is 0.605 bits per heavy atom. The Morgan fingerprint density at radius 3 is 1.40 bits per heavy atom. The molecule has 0 saturated carbocycles. The van der Waals surface area contributed by atoms with Gasteiger partial charge in [0, 0.05) is 32.8 Å². The first-order chi connectivity index (χ1) is 39.1. The smallest absolute Gasteiger partial charge is 0.417 e. The molecule has 1 saturated heterocycles. The van der Waals surface area contributed by atoms with Crippen LogP contribution in [0.2, 0.25) is 0 Å². The molecule has 2 amide bonds. The van der Waals surface area contributed by atoms with Crippen LogP contribution in [0.15, 0.2) is 140 Å². The minimum atomic E-state index is -1.73. The van der Waals surface area contributed by atoms with Gasteiger partial charge in [0.1, 0.15) is 18.2 Å². The summed E-state index contributed by atoms with van der Waals surface area (Å²) in [5.41, 5.74) is 2.63. The average molecular weight is 1090 g/mol. The van der Waals surface area contributed by atoms with Crippen LogP contribution in [-0.2, 0) is 46.5 Å². The Bertz CT molecular complexity index is 3250. The molecule has 1 aliphatic rings. The number of carbonyl (C=O) groups excluding carboxylic acids is 3. The first-order valence-corrected chi connectivity index (χ1v) is 26.3. The highest BCUT2D eigenvalue weighted by Gasteiger charge is 2.57. The zero-order valence-electron chi connectivity index (χ0n) is 47.0. The second-order valence-electron chi connectivity index (χ2n) is 18.7. The van der Waals surface area contributed by atoms with Crippen LogP contribution in [0, 0.1) is 83.4 Å². The number of imide groups is 1. The third kappa shape index (κ3) is 20.2. The molecule has 12 heteroatoms. The molecule has 1 fully saturated rings. The summed E-state index contributed by atoms with van der Waals surface area (Å²) in [4.78, 5) is 40.6. The maximum atomic E-state index is 14.2. The number of cyclic esters (lactones) is 1. The van der Waals surface area contributed by atoms with Gasteiger partial charge in [-0.2, -0.15) is 0 Å². The number of terminal acetylenes is 1. The van der Waals surface area contributed by atoms with E-state index in [9.17, 15) is 29.7 Å². The van der Waals surface area contributed by atoms with Gasteiger partial charge in [-0.05, 0) is 165 Å². The van der Waals surface area contributed by atoms with Gasteiger partial charge in [-0.1, -0.05) is 145 Å². The van der Waals surface area contributed by atoms with Gasteiger partial charge in [0.25, 0.3) is 5.91 Å². The maximum absolute atomic E-state index is 14.2. The molecular formula is C69H69NO11. The number of ether oxygens (including phenoxy) is 5. The Morgan fingerprint density at radius 2 is 0.988 bits per heavy atom. The summed E-state index contributed by atoms with van der Waals surface area (Å²) in [7, 11) is 0. The van der Waals surface area contributed by atoms with Crippen molar-refractivity contribution < 1.29 is 53.4 Å². The molecule has 12 nitrogen and oxygen atoms in total. The first-order valence-electron chi connectivity index (χ1n) is 26.3. The number of hydrogen-bond acceptors (Lipinski definition) is 11. The van der Waals surface area contributed by atoms with Crippen molar-refractivity contribution >= 4 is 17.8 Å². The normalized spacial score (nSPS) is 14.6. The van der Waals surface area contributed by atoms with E-state index in [0.29, 0.717) is 19.8 Å². The Hall–Kier alpha value is -8.65. The van der Waals surface area contributed by atoms with Crippen molar-refractivity contribution in [2.75, 3.05) is 33.0 Å². The van der Waals surface area contributed by atoms with Gasteiger partial charge in [-0.25, -0.2) is 9.69 Å². The SMILES string of the molecule is C#CC#CC#CC#CC#CC#CC#CC.CCOCC[C@H](O)[C@](C)(OCc1ccc(-c2ccccc2)cc1)C(=O)CO.CCOCC[C@H](O)[C@](C)(OCc1ccc(-c2ccccc2)cc1)C(=O)N1C(=O)OC(C)(C)[C@@H]1c1ccccc1. The molecule has 5 aromatic rings. The first kappa shape index (κ1) is 64.9. The number of ketones is 1. The van der Waals surface area contributed by atoms with Crippen molar-refractivity contribution in [2.45, 2.75) is 110 Å². The lowest BCUT2D eigenvalue weighted by molar-refractivity contribution is -0.175. The van der Waals surface area contributed by atoms with Gasteiger partial charge < -0.3 is 39.0 Å². The van der Waals surface area contributed by atoms with Crippen LogP contribution in [0.3, 0.4) is 0 Å². The molecule has 0 spiro atoms. The Labute approximate surface area is 478 Å². The lowest BCUT2D eigenvalue weighted by Crippen LogP contribution is -2.57. The summed E-state index contributed by atoms with van der Waals surface area (Å²) < 4.78 is 28.3. The molecule has 416 valence electrons. The molecule has 1 aliphatic heterocycles. The van der Waals surface area contributed by atoms with E-state index in [4.69, 9.17) is 30.1 Å². The lowest BCUT2D eigenvalue weighted by Gasteiger charge is -2.37. The van der Waals surface area contributed by atoms with Gasteiger partial charge in [0.2, 0.25) is 0 Å². The van der Waals surface area contributed by atoms with Crippen LogP contribution in [0.4, 0.5) is 4.79 Å². The van der Waals surface area contributed by atoms with E-state index in [1.165, 1.54) is 13.8 Å². The molecule has 0 bridgehead atoms. The number of rotatable bonds is 22. The van der Waals surface area contributed by atoms with E-state index in [1.54, 1.807) is 20.8 Å². The van der Waals surface area contributed by atoms with Gasteiger partial charge in [0.15, 0.2) is 17.0 Å². The fourth-order valence-corrected chi connectivity index (χ4v) is 8.12. The molecule has 6 rings (SSSR count). The van der Waals surface area contributed by atoms with Crippen LogP contribution in [-0.4, -0.2) is 100 Å². The molecule has 0 radical (unpaired) electrons. The van der Waals surface area contributed by atoms with Crippen molar-refractivity contribution in [2.24, 2.45) is 0 Å². The highest BCUT2D eigenvalue weighted by atomic mass is 16.6. The van der Waals surface area contributed by atoms with E-state index < -0.39 is 59.4 Å². The number of aliphatic hydroxyl groups excluding tert-OH is 3. The second-order valence-corrected chi connectivity index (χ2v) is 18.7. The number of nitrogens with zero attached hydrogens (tertiary/aromatic N) is 1. The van der Waals surface area contributed by atoms with Gasteiger partial charge >= 0.3 is 6.09 Å². The van der Waals surface area contributed by atoms with Crippen molar-refractivity contribution in [3.8, 4) is 106 Å².